The molecule has 1 aromatic carbocycles. The van der Waals surface area contributed by atoms with Crippen molar-refractivity contribution in [1.29, 1.82) is 0 Å². The van der Waals surface area contributed by atoms with Crippen molar-refractivity contribution < 1.29 is 9.53 Å². The van der Waals surface area contributed by atoms with Crippen LogP contribution in [0, 0.1) is 3.95 Å². The number of methoxy groups -OCH3 is 1. The number of carbonyl (C=O) groups excluding carboxylic acids is 1. The second-order valence-corrected chi connectivity index (χ2v) is 7.45. The van der Waals surface area contributed by atoms with Gasteiger partial charge in [-0.15, -0.1) is 5.10 Å². The Morgan fingerprint density at radius 1 is 1.50 bits per heavy atom. The molecule has 0 aliphatic heterocycles. The Labute approximate surface area is 134 Å². The Kier molecular flexibility index (Phi) is 5.20. The van der Waals surface area contributed by atoms with E-state index in [9.17, 15) is 4.79 Å². The molecule has 0 saturated heterocycles. The molecule has 0 N–H and O–H groups in total. The SMILES string of the molecule is COC(=O)C(C)Sc1nn(-c2ccc(Cl)cc2)c(=S)s1. The van der Waals surface area contributed by atoms with Gasteiger partial charge in [-0.1, -0.05) is 34.7 Å². The third-order valence-electron chi connectivity index (χ3n) is 2.41. The first-order valence-electron chi connectivity index (χ1n) is 5.62. The number of benzene rings is 1. The fourth-order valence-corrected chi connectivity index (χ4v) is 4.08. The van der Waals surface area contributed by atoms with E-state index >= 15 is 0 Å². The minimum atomic E-state index is -0.320. The fraction of sp³-hybridized carbons (Fsp3) is 0.250. The summed E-state index contributed by atoms with van der Waals surface area (Å²) < 4.78 is 7.69. The Bertz CT molecular complexity index is 666. The summed E-state index contributed by atoms with van der Waals surface area (Å²) in [6.07, 6.45) is 0. The van der Waals surface area contributed by atoms with Crippen molar-refractivity contribution in [2.24, 2.45) is 0 Å². The topological polar surface area (TPSA) is 44.1 Å². The lowest BCUT2D eigenvalue weighted by Crippen LogP contribution is -2.14. The molecule has 0 amide bonds. The van der Waals surface area contributed by atoms with Crippen LogP contribution in [0.4, 0.5) is 0 Å². The van der Waals surface area contributed by atoms with Gasteiger partial charge in [0.25, 0.3) is 0 Å². The summed E-state index contributed by atoms with van der Waals surface area (Å²) in [5.74, 6) is -0.283. The largest absolute Gasteiger partial charge is 0.468 e. The van der Waals surface area contributed by atoms with Crippen molar-refractivity contribution in [3.05, 3.63) is 33.2 Å². The molecule has 1 aromatic heterocycles. The molecule has 0 fully saturated rings. The highest BCUT2D eigenvalue weighted by Gasteiger charge is 2.17. The van der Waals surface area contributed by atoms with E-state index in [0.29, 0.717) is 8.98 Å². The van der Waals surface area contributed by atoms with Crippen LogP contribution in [0.5, 0.6) is 0 Å². The molecule has 1 unspecified atom stereocenters. The number of nitrogens with zero attached hydrogens (tertiary/aromatic N) is 2. The maximum absolute atomic E-state index is 11.4. The van der Waals surface area contributed by atoms with E-state index in [0.717, 1.165) is 10.0 Å². The molecular formula is C12H11ClN2O2S3. The van der Waals surface area contributed by atoms with Crippen LogP contribution in [0.1, 0.15) is 6.92 Å². The van der Waals surface area contributed by atoms with E-state index in [1.54, 1.807) is 23.7 Å². The van der Waals surface area contributed by atoms with E-state index < -0.39 is 0 Å². The molecule has 2 aromatic rings. The molecule has 0 radical (unpaired) electrons. The van der Waals surface area contributed by atoms with Crippen LogP contribution in [0.15, 0.2) is 28.6 Å². The summed E-state index contributed by atoms with van der Waals surface area (Å²) in [5.41, 5.74) is 0.841. The predicted molar refractivity (Wildman–Crippen MR) is 84.6 cm³/mol. The molecule has 0 aliphatic carbocycles. The standard InChI is InChI=1S/C12H11ClN2O2S3/c1-7(10(16)17-2)19-11-14-15(12(18)20-11)9-5-3-8(13)4-6-9/h3-7H,1-2H3. The average Bonchev–Trinajstić information content (AvgIpc) is 2.79. The number of rotatable bonds is 4. The van der Waals surface area contributed by atoms with Crippen LogP contribution in [0.25, 0.3) is 5.69 Å². The number of aromatic nitrogens is 2. The lowest BCUT2D eigenvalue weighted by Gasteiger charge is -2.05. The van der Waals surface area contributed by atoms with Crippen LogP contribution in [-0.2, 0) is 9.53 Å². The van der Waals surface area contributed by atoms with Gasteiger partial charge in [0.2, 0.25) is 0 Å². The third-order valence-corrected chi connectivity index (χ3v) is 5.06. The van der Waals surface area contributed by atoms with Crippen LogP contribution < -0.4 is 0 Å². The maximum Gasteiger partial charge on any atom is 0.318 e. The zero-order valence-electron chi connectivity index (χ0n) is 10.7. The smallest absolute Gasteiger partial charge is 0.318 e. The number of carbonyl (C=O) groups is 1. The molecule has 0 saturated carbocycles. The summed E-state index contributed by atoms with van der Waals surface area (Å²) >= 11 is 13.8. The molecule has 106 valence electrons. The number of esters is 1. The molecule has 2 rings (SSSR count). The first-order valence-corrected chi connectivity index (χ1v) is 8.10. The molecule has 1 atom stereocenters. The summed E-state index contributed by atoms with van der Waals surface area (Å²) in [7, 11) is 1.37. The van der Waals surface area contributed by atoms with E-state index in [-0.39, 0.29) is 11.2 Å². The number of ether oxygens (including phenoxy) is 1. The molecule has 0 aliphatic rings. The van der Waals surface area contributed by atoms with Crippen molar-refractivity contribution >= 4 is 52.9 Å². The van der Waals surface area contributed by atoms with Gasteiger partial charge in [0, 0.05) is 5.02 Å². The van der Waals surface area contributed by atoms with Crippen molar-refractivity contribution in [2.45, 2.75) is 16.5 Å². The van der Waals surface area contributed by atoms with Gasteiger partial charge < -0.3 is 4.74 Å². The third kappa shape index (κ3) is 3.60. The van der Waals surface area contributed by atoms with Gasteiger partial charge in [0.05, 0.1) is 12.8 Å². The molecule has 20 heavy (non-hydrogen) atoms. The highest BCUT2D eigenvalue weighted by molar-refractivity contribution is 8.02. The van der Waals surface area contributed by atoms with Crippen molar-refractivity contribution in [1.82, 2.24) is 9.78 Å². The average molecular weight is 347 g/mol. The van der Waals surface area contributed by atoms with Crippen molar-refractivity contribution in [2.75, 3.05) is 7.11 Å². The zero-order valence-corrected chi connectivity index (χ0v) is 13.9. The number of thioether (sulfide) groups is 1. The minimum absolute atomic E-state index is 0.283. The molecule has 8 heteroatoms. The van der Waals surface area contributed by atoms with Crippen LogP contribution in [0.3, 0.4) is 0 Å². The number of hydrogen-bond acceptors (Lipinski definition) is 6. The summed E-state index contributed by atoms with van der Waals surface area (Å²) in [6.45, 7) is 1.77. The second-order valence-electron chi connectivity index (χ2n) is 3.81. The number of hydrogen-bond donors (Lipinski definition) is 0. The zero-order chi connectivity index (χ0) is 14.7. The monoisotopic (exact) mass is 346 g/mol. The van der Waals surface area contributed by atoms with Gasteiger partial charge in [-0.05, 0) is 43.4 Å². The fourth-order valence-electron chi connectivity index (χ4n) is 1.42. The Balaban J connectivity index is 2.24. The maximum atomic E-state index is 11.4. The second kappa shape index (κ2) is 6.71. The molecular weight excluding hydrogens is 336 g/mol. The Morgan fingerprint density at radius 3 is 2.75 bits per heavy atom. The highest BCUT2D eigenvalue weighted by atomic mass is 35.5. The van der Waals surface area contributed by atoms with E-state index in [1.165, 1.54) is 30.2 Å². The van der Waals surface area contributed by atoms with Gasteiger partial charge >= 0.3 is 5.97 Å². The Hall–Kier alpha value is -0.890. The van der Waals surface area contributed by atoms with Crippen LogP contribution >= 0.6 is 46.9 Å². The van der Waals surface area contributed by atoms with E-state index in [2.05, 4.69) is 9.84 Å². The number of halogens is 1. The van der Waals surface area contributed by atoms with Crippen molar-refractivity contribution in [3.63, 3.8) is 0 Å². The molecule has 4 nitrogen and oxygen atoms in total. The van der Waals surface area contributed by atoms with Gasteiger partial charge in [0.15, 0.2) is 8.29 Å². The molecule has 0 bridgehead atoms. The first kappa shape index (κ1) is 15.5. The van der Waals surface area contributed by atoms with Crippen molar-refractivity contribution in [3.8, 4) is 5.69 Å². The minimum Gasteiger partial charge on any atom is -0.468 e. The normalized spacial score (nSPS) is 12.2. The molecule has 0 spiro atoms. The highest BCUT2D eigenvalue weighted by Crippen LogP contribution is 2.28. The van der Waals surface area contributed by atoms with Crippen LogP contribution in [-0.4, -0.2) is 28.1 Å². The summed E-state index contributed by atoms with van der Waals surface area (Å²) in [5, 5.41) is 4.75. The lowest BCUT2D eigenvalue weighted by atomic mass is 10.3. The first-order chi connectivity index (χ1) is 9.51. The summed E-state index contributed by atoms with van der Waals surface area (Å²) in [6, 6.07) is 7.25. The van der Waals surface area contributed by atoms with Gasteiger partial charge in [-0.25, -0.2) is 4.68 Å². The van der Waals surface area contributed by atoms with Gasteiger partial charge in [-0.2, -0.15) is 0 Å². The van der Waals surface area contributed by atoms with Gasteiger partial charge in [0.1, 0.15) is 5.25 Å². The quantitative estimate of drug-likeness (QED) is 0.476. The predicted octanol–water partition coefficient (Wildman–Crippen LogP) is 3.97. The Morgan fingerprint density at radius 2 is 2.15 bits per heavy atom. The lowest BCUT2D eigenvalue weighted by molar-refractivity contribution is -0.139. The van der Waals surface area contributed by atoms with Gasteiger partial charge in [-0.3, -0.25) is 4.79 Å². The van der Waals surface area contributed by atoms with Crippen LogP contribution in [0.2, 0.25) is 5.02 Å². The van der Waals surface area contributed by atoms with E-state index in [1.807, 2.05) is 12.1 Å². The molecule has 1 heterocycles. The van der Waals surface area contributed by atoms with E-state index in [4.69, 9.17) is 23.8 Å². The summed E-state index contributed by atoms with van der Waals surface area (Å²) in [4.78, 5) is 11.4.